The molecule has 0 saturated carbocycles. The first-order valence-corrected chi connectivity index (χ1v) is 14.9. The van der Waals surface area contributed by atoms with Crippen molar-refractivity contribution in [1.82, 2.24) is 0 Å². The van der Waals surface area contributed by atoms with Gasteiger partial charge in [-0.1, -0.05) is 64.8 Å². The lowest BCUT2D eigenvalue weighted by Crippen LogP contribution is -2.42. The predicted octanol–water partition coefficient (Wildman–Crippen LogP) is 4.68. The average molecular weight is 565 g/mol. The number of rotatable bonds is 11. The second-order valence-electron chi connectivity index (χ2n) is 12.7. The van der Waals surface area contributed by atoms with Crippen LogP contribution in [0.4, 0.5) is 0 Å². The maximum absolute atomic E-state index is 13.1. The highest BCUT2D eigenvalue weighted by Gasteiger charge is 2.60. The molecule has 3 N–H and O–H groups in total. The fourth-order valence-corrected chi connectivity index (χ4v) is 6.53. The van der Waals surface area contributed by atoms with Gasteiger partial charge in [-0.25, -0.2) is 0 Å². The molecule has 2 aliphatic rings. The first-order valence-electron chi connectivity index (χ1n) is 14.9. The van der Waals surface area contributed by atoms with Gasteiger partial charge in [0.15, 0.2) is 11.6 Å². The molecule has 40 heavy (non-hydrogen) atoms. The van der Waals surface area contributed by atoms with Gasteiger partial charge < -0.3 is 24.8 Å². The summed E-state index contributed by atoms with van der Waals surface area (Å²) in [7, 11) is 0. The van der Waals surface area contributed by atoms with Gasteiger partial charge in [0.25, 0.3) is 0 Å². The summed E-state index contributed by atoms with van der Waals surface area (Å²) in [4.78, 5) is 38.1. The van der Waals surface area contributed by atoms with Crippen LogP contribution in [0.2, 0.25) is 0 Å². The Bertz CT molecular complexity index is 985. The molecule has 2 heterocycles. The van der Waals surface area contributed by atoms with Gasteiger partial charge in [0.1, 0.15) is 23.9 Å². The third kappa shape index (κ3) is 7.90. The number of hydrogen-bond donors (Lipinski definition) is 3. The Labute approximate surface area is 240 Å². The number of ketones is 2. The Morgan fingerprint density at radius 1 is 1.12 bits per heavy atom. The first kappa shape index (κ1) is 34.3. The van der Waals surface area contributed by atoms with E-state index in [4.69, 9.17) is 9.47 Å². The van der Waals surface area contributed by atoms with E-state index in [1.54, 1.807) is 27.7 Å². The number of ether oxygens (including phenoxy) is 2. The maximum Gasteiger partial charge on any atom is 0.311 e. The van der Waals surface area contributed by atoms with Crippen molar-refractivity contribution in [2.24, 2.45) is 29.6 Å². The minimum atomic E-state index is -1.93. The van der Waals surface area contributed by atoms with Gasteiger partial charge in [0.2, 0.25) is 0 Å². The Morgan fingerprint density at radius 3 is 2.33 bits per heavy atom. The van der Waals surface area contributed by atoms with E-state index in [1.807, 2.05) is 46.8 Å². The molecule has 228 valence electrons. The molecule has 0 unspecified atom stereocenters. The number of fused-ring (bicyclic) bond motifs is 2. The van der Waals surface area contributed by atoms with Crippen LogP contribution in [0.1, 0.15) is 101 Å². The van der Waals surface area contributed by atoms with Gasteiger partial charge in [-0.15, -0.1) is 0 Å². The van der Waals surface area contributed by atoms with E-state index in [1.165, 1.54) is 0 Å². The third-order valence-corrected chi connectivity index (χ3v) is 8.99. The second kappa shape index (κ2) is 13.9. The van der Waals surface area contributed by atoms with Crippen molar-refractivity contribution >= 4 is 17.5 Å². The number of esters is 1. The number of carbonyl (C=O) groups excluding carboxylic acids is 3. The van der Waals surface area contributed by atoms with Crippen molar-refractivity contribution in [3.63, 3.8) is 0 Å². The SMILES string of the molecule is CCC(=O)[C@@H](C)[C@H](O)[C@H](C)/C=C(/C)C[C@@H](C)[C@H](O)[C@@H](C)[C@H]1C/C=C(/C)C[C@@]2(C)O[C@@](O)(CC(=O)O1)[C@H](CC)C2=O. The van der Waals surface area contributed by atoms with Crippen LogP contribution in [0.25, 0.3) is 0 Å². The van der Waals surface area contributed by atoms with Gasteiger partial charge in [-0.3, -0.25) is 14.4 Å². The molecule has 0 amide bonds. The standard InChI is InChI=1S/C32H52O8/c1-10-24-30(37)31(9)16-18(3)12-13-26(39-27(34)17-32(24,38)40-31)23(8)29(36)21(6)15-19(4)14-20(5)28(35)22(7)25(33)11-2/h12,14,20-24,26,28-29,35-36,38H,10-11,13,15-17H2,1-9H3/b18-12-,19-14-/t20-,21-,22-,23+,24-,26-,28-,29+,31-,32+/m1/s1. The topological polar surface area (TPSA) is 130 Å². The Balaban J connectivity index is 2.17. The van der Waals surface area contributed by atoms with Crippen LogP contribution in [0.3, 0.4) is 0 Å². The zero-order valence-corrected chi connectivity index (χ0v) is 25.9. The summed E-state index contributed by atoms with van der Waals surface area (Å²) in [5.74, 6) is -4.83. The van der Waals surface area contributed by atoms with Crippen LogP contribution in [0, 0.1) is 29.6 Å². The normalized spacial score (nSPS) is 34.0. The predicted molar refractivity (Wildman–Crippen MR) is 153 cm³/mol. The fraction of sp³-hybridized carbons (Fsp3) is 0.781. The van der Waals surface area contributed by atoms with Gasteiger partial charge in [-0.2, -0.15) is 0 Å². The Hall–Kier alpha value is -1.87. The molecular weight excluding hydrogens is 512 g/mol. The lowest BCUT2D eigenvalue weighted by molar-refractivity contribution is -0.241. The second-order valence-corrected chi connectivity index (χ2v) is 12.7. The highest BCUT2D eigenvalue weighted by atomic mass is 16.7. The van der Waals surface area contributed by atoms with Crippen LogP contribution in [-0.4, -0.2) is 62.6 Å². The largest absolute Gasteiger partial charge is 0.461 e. The van der Waals surface area contributed by atoms with Crippen molar-refractivity contribution in [3.05, 3.63) is 23.3 Å². The number of aliphatic hydroxyl groups excluding tert-OH is 2. The Morgan fingerprint density at radius 2 is 1.75 bits per heavy atom. The van der Waals surface area contributed by atoms with E-state index >= 15 is 0 Å². The molecule has 2 aliphatic heterocycles. The van der Waals surface area contributed by atoms with Crippen LogP contribution >= 0.6 is 0 Å². The van der Waals surface area contributed by atoms with Crippen molar-refractivity contribution in [3.8, 4) is 0 Å². The molecule has 8 nitrogen and oxygen atoms in total. The Kier molecular flexibility index (Phi) is 11.9. The number of carbonyl (C=O) groups is 3. The molecule has 2 rings (SSSR count). The van der Waals surface area contributed by atoms with Gasteiger partial charge >= 0.3 is 5.97 Å². The number of hydrogen-bond acceptors (Lipinski definition) is 8. The molecule has 0 aliphatic carbocycles. The molecule has 0 aromatic heterocycles. The third-order valence-electron chi connectivity index (χ3n) is 8.99. The lowest BCUT2D eigenvalue weighted by Gasteiger charge is -2.32. The number of aliphatic hydroxyl groups is 3. The van der Waals surface area contributed by atoms with Crippen molar-refractivity contribution in [2.75, 3.05) is 0 Å². The average Bonchev–Trinajstić information content (AvgIpc) is 3.05. The summed E-state index contributed by atoms with van der Waals surface area (Å²) in [6.07, 6.45) is 3.19. The highest BCUT2D eigenvalue weighted by Crippen LogP contribution is 2.45. The zero-order chi connectivity index (χ0) is 30.6. The number of cyclic esters (lactones) is 1. The molecule has 0 radical (unpaired) electrons. The highest BCUT2D eigenvalue weighted by molar-refractivity contribution is 5.93. The van der Waals surface area contributed by atoms with Crippen LogP contribution < -0.4 is 0 Å². The number of Topliss-reactive ketones (excluding diaryl/α,β-unsaturated/α-hetero) is 2. The molecule has 2 bridgehead atoms. The molecule has 10 atom stereocenters. The van der Waals surface area contributed by atoms with Crippen molar-refractivity contribution in [2.45, 2.75) is 131 Å². The van der Waals surface area contributed by atoms with Crippen LogP contribution in [-0.2, 0) is 23.9 Å². The summed E-state index contributed by atoms with van der Waals surface area (Å²) >= 11 is 0. The smallest absolute Gasteiger partial charge is 0.311 e. The van der Waals surface area contributed by atoms with Gasteiger partial charge in [0, 0.05) is 37.0 Å². The van der Waals surface area contributed by atoms with E-state index in [0.29, 0.717) is 32.1 Å². The zero-order valence-electron chi connectivity index (χ0n) is 25.9. The quantitative estimate of drug-likeness (QED) is 0.244. The monoisotopic (exact) mass is 564 g/mol. The van der Waals surface area contributed by atoms with E-state index in [0.717, 1.165) is 11.1 Å². The van der Waals surface area contributed by atoms with Crippen LogP contribution in [0.5, 0.6) is 0 Å². The van der Waals surface area contributed by atoms with Crippen LogP contribution in [0.15, 0.2) is 23.3 Å². The molecule has 0 aromatic carbocycles. The summed E-state index contributed by atoms with van der Waals surface area (Å²) < 4.78 is 11.7. The number of allylic oxidation sites excluding steroid dienone is 1. The van der Waals surface area contributed by atoms with Crippen molar-refractivity contribution in [1.29, 1.82) is 0 Å². The minimum Gasteiger partial charge on any atom is -0.461 e. The fourth-order valence-electron chi connectivity index (χ4n) is 6.53. The molecule has 0 spiro atoms. The van der Waals surface area contributed by atoms with E-state index < -0.39 is 59.8 Å². The molecule has 1 fully saturated rings. The van der Waals surface area contributed by atoms with E-state index in [2.05, 4.69) is 0 Å². The minimum absolute atomic E-state index is 0.0284. The summed E-state index contributed by atoms with van der Waals surface area (Å²) in [6, 6.07) is 0. The molecule has 1 saturated heterocycles. The first-order chi connectivity index (χ1) is 18.5. The van der Waals surface area contributed by atoms with Gasteiger partial charge in [0.05, 0.1) is 18.1 Å². The van der Waals surface area contributed by atoms with Gasteiger partial charge in [-0.05, 0) is 39.5 Å². The summed E-state index contributed by atoms with van der Waals surface area (Å²) in [6.45, 7) is 16.5. The molecule has 0 aromatic rings. The lowest BCUT2D eigenvalue weighted by atomic mass is 9.82. The maximum atomic E-state index is 13.1. The van der Waals surface area contributed by atoms with Crippen molar-refractivity contribution < 1.29 is 39.2 Å². The van der Waals surface area contributed by atoms with E-state index in [9.17, 15) is 29.7 Å². The summed E-state index contributed by atoms with van der Waals surface area (Å²) in [5, 5.41) is 33.1. The van der Waals surface area contributed by atoms with E-state index in [-0.39, 0.29) is 23.4 Å². The molecular formula is C32H52O8. The molecule has 8 heteroatoms. The summed E-state index contributed by atoms with van der Waals surface area (Å²) in [5.41, 5.74) is 0.664.